The molecule has 1 amide bonds. The summed E-state index contributed by atoms with van der Waals surface area (Å²) in [5.74, 6) is -0.577. The Bertz CT molecular complexity index is 594. The number of hydrogen-bond acceptors (Lipinski definition) is 3. The highest BCUT2D eigenvalue weighted by atomic mass is 19.1. The second kappa shape index (κ2) is 5.62. The molecule has 5 nitrogen and oxygen atoms in total. The predicted octanol–water partition coefficient (Wildman–Crippen LogP) is 0.872. The van der Waals surface area contributed by atoms with Gasteiger partial charge in [-0.1, -0.05) is 0 Å². The molecule has 0 aliphatic heterocycles. The first-order valence-electron chi connectivity index (χ1n) is 5.92. The number of rotatable bonds is 4. The van der Waals surface area contributed by atoms with Crippen molar-refractivity contribution in [3.05, 3.63) is 47.5 Å². The van der Waals surface area contributed by atoms with Crippen LogP contribution in [0.4, 0.5) is 4.39 Å². The number of carbonyl (C=O) groups excluding carboxylic acids is 1. The summed E-state index contributed by atoms with van der Waals surface area (Å²) in [5, 5.41) is 6.67. The minimum Gasteiger partial charge on any atom is -0.354 e. The van der Waals surface area contributed by atoms with E-state index in [0.29, 0.717) is 18.7 Å². The number of nitrogens with one attached hydrogen (secondary N) is 1. The highest BCUT2D eigenvalue weighted by Gasteiger charge is 2.11. The maximum atomic E-state index is 13.2. The van der Waals surface area contributed by atoms with Gasteiger partial charge in [-0.05, 0) is 42.8 Å². The van der Waals surface area contributed by atoms with E-state index in [0.717, 1.165) is 11.3 Å². The molecule has 0 bridgehead atoms. The summed E-state index contributed by atoms with van der Waals surface area (Å²) in [5.41, 5.74) is 7.31. The van der Waals surface area contributed by atoms with Gasteiger partial charge in [0, 0.05) is 13.2 Å². The summed E-state index contributed by atoms with van der Waals surface area (Å²) in [7, 11) is 1.54. The SMILES string of the molecule is CNC(=O)c1ccn(-c2ccc(F)cc2CCN)n1. The number of carbonyl (C=O) groups is 1. The fourth-order valence-corrected chi connectivity index (χ4v) is 1.84. The predicted molar refractivity (Wildman–Crippen MR) is 69.7 cm³/mol. The minimum atomic E-state index is -0.314. The first-order valence-corrected chi connectivity index (χ1v) is 5.92. The average molecular weight is 262 g/mol. The normalized spacial score (nSPS) is 10.5. The third kappa shape index (κ3) is 2.79. The Morgan fingerprint density at radius 3 is 2.95 bits per heavy atom. The molecular weight excluding hydrogens is 247 g/mol. The van der Waals surface area contributed by atoms with Crippen LogP contribution in [-0.2, 0) is 6.42 Å². The molecule has 2 aromatic rings. The van der Waals surface area contributed by atoms with Crippen molar-refractivity contribution >= 4 is 5.91 Å². The number of aromatic nitrogens is 2. The third-order valence-corrected chi connectivity index (χ3v) is 2.75. The number of halogens is 1. The Morgan fingerprint density at radius 1 is 1.47 bits per heavy atom. The molecule has 1 aromatic carbocycles. The van der Waals surface area contributed by atoms with Crippen molar-refractivity contribution in [2.75, 3.05) is 13.6 Å². The van der Waals surface area contributed by atoms with Gasteiger partial charge in [0.1, 0.15) is 5.82 Å². The molecule has 19 heavy (non-hydrogen) atoms. The van der Waals surface area contributed by atoms with E-state index in [1.807, 2.05) is 0 Å². The number of hydrogen-bond donors (Lipinski definition) is 2. The number of nitrogens with zero attached hydrogens (tertiary/aromatic N) is 2. The van der Waals surface area contributed by atoms with Crippen LogP contribution in [0.25, 0.3) is 5.69 Å². The second-order valence-corrected chi connectivity index (χ2v) is 4.04. The third-order valence-electron chi connectivity index (χ3n) is 2.75. The lowest BCUT2D eigenvalue weighted by Crippen LogP contribution is -2.18. The highest BCUT2D eigenvalue weighted by Crippen LogP contribution is 2.16. The summed E-state index contributed by atoms with van der Waals surface area (Å²) in [4.78, 5) is 11.5. The summed E-state index contributed by atoms with van der Waals surface area (Å²) in [6, 6.07) is 6.02. The lowest BCUT2D eigenvalue weighted by molar-refractivity contribution is 0.0957. The van der Waals surface area contributed by atoms with Crippen LogP contribution in [0.1, 0.15) is 16.1 Å². The molecule has 1 heterocycles. The Labute approximate surface area is 110 Å². The number of nitrogens with two attached hydrogens (primary N) is 1. The van der Waals surface area contributed by atoms with Gasteiger partial charge in [0.2, 0.25) is 0 Å². The minimum absolute atomic E-state index is 0.263. The van der Waals surface area contributed by atoms with Gasteiger partial charge in [0.25, 0.3) is 5.91 Å². The molecule has 100 valence electrons. The Kier molecular flexibility index (Phi) is 3.91. The van der Waals surface area contributed by atoms with E-state index in [2.05, 4.69) is 10.4 Å². The lowest BCUT2D eigenvalue weighted by atomic mass is 10.1. The maximum Gasteiger partial charge on any atom is 0.271 e. The first kappa shape index (κ1) is 13.2. The van der Waals surface area contributed by atoms with Crippen molar-refractivity contribution in [1.82, 2.24) is 15.1 Å². The van der Waals surface area contributed by atoms with Crippen molar-refractivity contribution in [3.63, 3.8) is 0 Å². The summed E-state index contributed by atoms with van der Waals surface area (Å²) >= 11 is 0. The van der Waals surface area contributed by atoms with Gasteiger partial charge in [-0.3, -0.25) is 4.79 Å². The van der Waals surface area contributed by atoms with E-state index in [9.17, 15) is 9.18 Å². The highest BCUT2D eigenvalue weighted by molar-refractivity contribution is 5.91. The molecule has 6 heteroatoms. The van der Waals surface area contributed by atoms with Crippen LogP contribution in [0.3, 0.4) is 0 Å². The zero-order valence-electron chi connectivity index (χ0n) is 10.6. The van der Waals surface area contributed by atoms with Crippen LogP contribution in [-0.4, -0.2) is 29.3 Å². The molecular formula is C13H15FN4O. The molecule has 0 saturated heterocycles. The van der Waals surface area contributed by atoms with Gasteiger partial charge in [0.15, 0.2) is 5.69 Å². The van der Waals surface area contributed by atoms with Gasteiger partial charge >= 0.3 is 0 Å². The Hall–Kier alpha value is -2.21. The van der Waals surface area contributed by atoms with E-state index in [1.54, 1.807) is 30.1 Å². The molecule has 0 saturated carbocycles. The Morgan fingerprint density at radius 2 is 2.26 bits per heavy atom. The van der Waals surface area contributed by atoms with E-state index in [4.69, 9.17) is 5.73 Å². The zero-order valence-corrected chi connectivity index (χ0v) is 10.6. The fraction of sp³-hybridized carbons (Fsp3) is 0.231. The monoisotopic (exact) mass is 262 g/mol. The largest absolute Gasteiger partial charge is 0.354 e. The molecule has 0 fully saturated rings. The molecule has 2 rings (SSSR count). The smallest absolute Gasteiger partial charge is 0.271 e. The van der Waals surface area contributed by atoms with Crippen LogP contribution in [0.15, 0.2) is 30.5 Å². The van der Waals surface area contributed by atoms with Gasteiger partial charge in [-0.25, -0.2) is 9.07 Å². The Balaban J connectivity index is 2.40. The van der Waals surface area contributed by atoms with Gasteiger partial charge in [0.05, 0.1) is 5.69 Å². The standard InChI is InChI=1S/C13H15FN4O/c1-16-13(19)11-5-7-18(17-11)12-3-2-10(14)8-9(12)4-6-15/h2-3,5,7-8H,4,6,15H2,1H3,(H,16,19). The van der Waals surface area contributed by atoms with E-state index in [1.165, 1.54) is 12.1 Å². The molecule has 0 atom stereocenters. The van der Waals surface area contributed by atoms with Crippen LogP contribution < -0.4 is 11.1 Å². The number of amides is 1. The van der Waals surface area contributed by atoms with Crippen molar-refractivity contribution in [2.24, 2.45) is 5.73 Å². The van der Waals surface area contributed by atoms with Crippen molar-refractivity contribution in [2.45, 2.75) is 6.42 Å². The van der Waals surface area contributed by atoms with Crippen LogP contribution >= 0.6 is 0 Å². The van der Waals surface area contributed by atoms with Crippen LogP contribution in [0, 0.1) is 5.82 Å². The quantitative estimate of drug-likeness (QED) is 0.858. The maximum absolute atomic E-state index is 13.2. The molecule has 0 spiro atoms. The average Bonchev–Trinajstić information content (AvgIpc) is 2.88. The lowest BCUT2D eigenvalue weighted by Gasteiger charge is -2.08. The molecule has 0 aliphatic rings. The molecule has 0 unspecified atom stereocenters. The molecule has 0 radical (unpaired) electrons. The summed E-state index contributed by atoms with van der Waals surface area (Å²) in [6.07, 6.45) is 2.21. The van der Waals surface area contributed by atoms with E-state index >= 15 is 0 Å². The summed E-state index contributed by atoms with van der Waals surface area (Å²) in [6.45, 7) is 0.417. The van der Waals surface area contributed by atoms with E-state index < -0.39 is 0 Å². The van der Waals surface area contributed by atoms with Gasteiger partial charge < -0.3 is 11.1 Å². The van der Waals surface area contributed by atoms with Gasteiger partial charge in [-0.2, -0.15) is 5.10 Å². The van der Waals surface area contributed by atoms with Crippen molar-refractivity contribution in [1.29, 1.82) is 0 Å². The zero-order chi connectivity index (χ0) is 13.8. The second-order valence-electron chi connectivity index (χ2n) is 4.04. The molecule has 3 N–H and O–H groups in total. The molecule has 1 aromatic heterocycles. The fourth-order valence-electron chi connectivity index (χ4n) is 1.84. The van der Waals surface area contributed by atoms with Crippen LogP contribution in [0.2, 0.25) is 0 Å². The number of benzene rings is 1. The van der Waals surface area contributed by atoms with Crippen molar-refractivity contribution in [3.8, 4) is 5.69 Å². The van der Waals surface area contributed by atoms with Gasteiger partial charge in [-0.15, -0.1) is 0 Å². The molecule has 0 aliphatic carbocycles. The topological polar surface area (TPSA) is 72.9 Å². The summed E-state index contributed by atoms with van der Waals surface area (Å²) < 4.78 is 14.8. The van der Waals surface area contributed by atoms with Crippen molar-refractivity contribution < 1.29 is 9.18 Å². The van der Waals surface area contributed by atoms with Crippen LogP contribution in [0.5, 0.6) is 0 Å². The first-order chi connectivity index (χ1) is 9.15. The van der Waals surface area contributed by atoms with E-state index in [-0.39, 0.29) is 11.7 Å².